The molecule has 1 amide bonds. The third-order valence-electron chi connectivity index (χ3n) is 3.65. The molecule has 2 unspecified atom stereocenters. The number of rotatable bonds is 4. The Morgan fingerprint density at radius 2 is 2.28 bits per heavy atom. The van der Waals surface area contributed by atoms with Crippen LogP contribution in [0.4, 0.5) is 0 Å². The van der Waals surface area contributed by atoms with Crippen molar-refractivity contribution in [3.63, 3.8) is 0 Å². The van der Waals surface area contributed by atoms with Crippen LogP contribution >= 0.6 is 0 Å². The van der Waals surface area contributed by atoms with Crippen molar-refractivity contribution in [3.05, 3.63) is 0 Å². The molecule has 2 fully saturated rings. The minimum Gasteiger partial charge on any atom is -0.378 e. The van der Waals surface area contributed by atoms with Crippen LogP contribution in [0.2, 0.25) is 0 Å². The first-order chi connectivity index (χ1) is 8.77. The van der Waals surface area contributed by atoms with Crippen LogP contribution in [0.25, 0.3) is 0 Å². The number of carbonyl (C=O) groups excluding carboxylic acids is 1. The molecule has 2 saturated heterocycles. The fourth-order valence-electron chi connectivity index (χ4n) is 2.46. The SMILES string of the molecule is CC(OCC1CCCNC1)C(=O)N1CCOCC1. The minimum atomic E-state index is -0.329. The van der Waals surface area contributed by atoms with Gasteiger partial charge >= 0.3 is 0 Å². The zero-order valence-electron chi connectivity index (χ0n) is 11.2. The lowest BCUT2D eigenvalue weighted by molar-refractivity contribution is -0.147. The van der Waals surface area contributed by atoms with Crippen LogP contribution in [0, 0.1) is 5.92 Å². The molecule has 5 heteroatoms. The fraction of sp³-hybridized carbons (Fsp3) is 0.923. The van der Waals surface area contributed by atoms with E-state index in [9.17, 15) is 4.79 Å². The van der Waals surface area contributed by atoms with Crippen molar-refractivity contribution >= 4 is 5.91 Å². The quantitative estimate of drug-likeness (QED) is 0.783. The van der Waals surface area contributed by atoms with Gasteiger partial charge in [0.25, 0.3) is 5.91 Å². The highest BCUT2D eigenvalue weighted by molar-refractivity contribution is 5.80. The van der Waals surface area contributed by atoms with Gasteiger partial charge < -0.3 is 19.7 Å². The van der Waals surface area contributed by atoms with Crippen LogP contribution in [-0.2, 0) is 14.3 Å². The first kappa shape index (κ1) is 13.8. The topological polar surface area (TPSA) is 50.8 Å². The van der Waals surface area contributed by atoms with Gasteiger partial charge in [-0.3, -0.25) is 4.79 Å². The summed E-state index contributed by atoms with van der Waals surface area (Å²) in [7, 11) is 0. The van der Waals surface area contributed by atoms with E-state index in [-0.39, 0.29) is 12.0 Å². The molecule has 0 aromatic carbocycles. The molecule has 2 heterocycles. The molecule has 0 aromatic rings. The van der Waals surface area contributed by atoms with Crippen molar-refractivity contribution in [2.24, 2.45) is 5.92 Å². The van der Waals surface area contributed by atoms with Gasteiger partial charge in [-0.05, 0) is 32.2 Å². The second-order valence-corrected chi connectivity index (χ2v) is 5.13. The highest BCUT2D eigenvalue weighted by Crippen LogP contribution is 2.12. The summed E-state index contributed by atoms with van der Waals surface area (Å²) in [5.41, 5.74) is 0. The van der Waals surface area contributed by atoms with Gasteiger partial charge in [0.1, 0.15) is 6.10 Å². The number of amides is 1. The molecule has 18 heavy (non-hydrogen) atoms. The van der Waals surface area contributed by atoms with Crippen LogP contribution < -0.4 is 5.32 Å². The number of piperidine rings is 1. The van der Waals surface area contributed by atoms with E-state index in [1.54, 1.807) is 0 Å². The molecule has 1 N–H and O–H groups in total. The number of ether oxygens (including phenoxy) is 2. The predicted octanol–water partition coefficient (Wildman–Crippen LogP) is 0.250. The summed E-state index contributed by atoms with van der Waals surface area (Å²) < 4.78 is 11.0. The van der Waals surface area contributed by atoms with Crippen LogP contribution in [-0.4, -0.2) is 62.9 Å². The second kappa shape index (κ2) is 7.07. The number of nitrogens with one attached hydrogen (secondary N) is 1. The summed E-state index contributed by atoms with van der Waals surface area (Å²) in [6.45, 7) is 7.33. The number of nitrogens with zero attached hydrogens (tertiary/aromatic N) is 1. The molecule has 0 aromatic heterocycles. The monoisotopic (exact) mass is 256 g/mol. The maximum Gasteiger partial charge on any atom is 0.251 e. The molecule has 0 saturated carbocycles. The molecular weight excluding hydrogens is 232 g/mol. The summed E-state index contributed by atoms with van der Waals surface area (Å²) in [5, 5.41) is 3.36. The summed E-state index contributed by atoms with van der Waals surface area (Å²) >= 11 is 0. The number of carbonyl (C=O) groups is 1. The lowest BCUT2D eigenvalue weighted by Crippen LogP contribution is -2.46. The predicted molar refractivity (Wildman–Crippen MR) is 68.4 cm³/mol. The van der Waals surface area contributed by atoms with Gasteiger partial charge in [0.2, 0.25) is 0 Å². The molecule has 2 rings (SSSR count). The summed E-state index contributed by atoms with van der Waals surface area (Å²) in [5.74, 6) is 0.653. The highest BCUT2D eigenvalue weighted by Gasteiger charge is 2.24. The Balaban J connectivity index is 1.69. The lowest BCUT2D eigenvalue weighted by Gasteiger charge is -2.30. The lowest BCUT2D eigenvalue weighted by atomic mass is 10.0. The third kappa shape index (κ3) is 3.93. The zero-order chi connectivity index (χ0) is 12.8. The Labute approximate surface area is 109 Å². The number of morpholine rings is 1. The molecule has 104 valence electrons. The van der Waals surface area contributed by atoms with Gasteiger partial charge in [0, 0.05) is 19.6 Å². The molecule has 0 aliphatic carbocycles. The summed E-state index contributed by atoms with van der Waals surface area (Å²) in [6, 6.07) is 0. The van der Waals surface area contributed by atoms with E-state index in [0.717, 1.165) is 13.1 Å². The maximum atomic E-state index is 12.1. The second-order valence-electron chi connectivity index (χ2n) is 5.13. The van der Waals surface area contributed by atoms with Gasteiger partial charge in [-0.1, -0.05) is 0 Å². The van der Waals surface area contributed by atoms with E-state index < -0.39 is 0 Å². The number of hydrogen-bond donors (Lipinski definition) is 1. The van der Waals surface area contributed by atoms with E-state index in [1.807, 2.05) is 11.8 Å². The van der Waals surface area contributed by atoms with Gasteiger partial charge in [-0.2, -0.15) is 0 Å². The largest absolute Gasteiger partial charge is 0.378 e. The maximum absolute atomic E-state index is 12.1. The van der Waals surface area contributed by atoms with Crippen LogP contribution in [0.15, 0.2) is 0 Å². The molecular formula is C13H24N2O3. The Hall–Kier alpha value is -0.650. The van der Waals surface area contributed by atoms with Gasteiger partial charge in [-0.25, -0.2) is 0 Å². The van der Waals surface area contributed by atoms with Crippen LogP contribution in [0.3, 0.4) is 0 Å². The molecule has 0 bridgehead atoms. The molecule has 0 radical (unpaired) electrons. The van der Waals surface area contributed by atoms with Crippen LogP contribution in [0.1, 0.15) is 19.8 Å². The molecule has 2 aliphatic heterocycles. The summed E-state index contributed by atoms with van der Waals surface area (Å²) in [4.78, 5) is 13.9. The molecule has 2 atom stereocenters. The van der Waals surface area contributed by atoms with E-state index >= 15 is 0 Å². The van der Waals surface area contributed by atoms with Crippen molar-refractivity contribution in [2.75, 3.05) is 46.0 Å². The smallest absolute Gasteiger partial charge is 0.251 e. The average Bonchev–Trinajstić information content (AvgIpc) is 2.46. The van der Waals surface area contributed by atoms with Crippen molar-refractivity contribution < 1.29 is 14.3 Å². The first-order valence-corrected chi connectivity index (χ1v) is 6.96. The van der Waals surface area contributed by atoms with Crippen LogP contribution in [0.5, 0.6) is 0 Å². The van der Waals surface area contributed by atoms with E-state index in [0.29, 0.717) is 38.8 Å². The van der Waals surface area contributed by atoms with Crippen molar-refractivity contribution in [3.8, 4) is 0 Å². The van der Waals surface area contributed by atoms with E-state index in [2.05, 4.69) is 5.32 Å². The van der Waals surface area contributed by atoms with Gasteiger partial charge in [0.05, 0.1) is 19.8 Å². The first-order valence-electron chi connectivity index (χ1n) is 6.96. The number of hydrogen-bond acceptors (Lipinski definition) is 4. The van der Waals surface area contributed by atoms with Crippen molar-refractivity contribution in [1.29, 1.82) is 0 Å². The Bertz CT molecular complexity index is 261. The average molecular weight is 256 g/mol. The van der Waals surface area contributed by atoms with Crippen molar-refractivity contribution in [2.45, 2.75) is 25.9 Å². The third-order valence-corrected chi connectivity index (χ3v) is 3.65. The van der Waals surface area contributed by atoms with E-state index in [4.69, 9.17) is 9.47 Å². The molecule has 0 spiro atoms. The Morgan fingerprint density at radius 1 is 1.50 bits per heavy atom. The summed E-state index contributed by atoms with van der Waals surface area (Å²) in [6.07, 6.45) is 2.08. The van der Waals surface area contributed by atoms with Gasteiger partial charge in [0.15, 0.2) is 0 Å². The normalized spacial score (nSPS) is 26.9. The van der Waals surface area contributed by atoms with Crippen molar-refractivity contribution in [1.82, 2.24) is 10.2 Å². The molecule has 2 aliphatic rings. The van der Waals surface area contributed by atoms with Gasteiger partial charge in [-0.15, -0.1) is 0 Å². The van der Waals surface area contributed by atoms with E-state index in [1.165, 1.54) is 12.8 Å². The fourth-order valence-corrected chi connectivity index (χ4v) is 2.46. The Kier molecular flexibility index (Phi) is 5.41. The highest BCUT2D eigenvalue weighted by atomic mass is 16.5. The Morgan fingerprint density at radius 3 is 2.94 bits per heavy atom. The minimum absolute atomic E-state index is 0.0991. The standard InChI is InChI=1S/C13H24N2O3/c1-11(13(16)15-5-7-17-8-6-15)18-10-12-3-2-4-14-9-12/h11-12,14H,2-10H2,1H3. The molecule has 5 nitrogen and oxygen atoms in total. The zero-order valence-corrected chi connectivity index (χ0v) is 11.2.